The Labute approximate surface area is 104 Å². The molecule has 3 nitrogen and oxygen atoms in total. The lowest BCUT2D eigenvalue weighted by molar-refractivity contribution is 0.290. The molecule has 1 aromatic heterocycles. The van der Waals surface area contributed by atoms with Crippen LogP contribution in [0.4, 0.5) is 0 Å². The summed E-state index contributed by atoms with van der Waals surface area (Å²) in [5, 5.41) is 3.69. The molecule has 17 heavy (non-hydrogen) atoms. The predicted octanol–water partition coefficient (Wildman–Crippen LogP) is 3.01. The maximum absolute atomic E-state index is 4.43. The van der Waals surface area contributed by atoms with Gasteiger partial charge in [0.15, 0.2) is 0 Å². The Balaban J connectivity index is 1.93. The van der Waals surface area contributed by atoms with Crippen molar-refractivity contribution in [1.82, 2.24) is 15.3 Å². The second-order valence-corrected chi connectivity index (χ2v) is 5.37. The van der Waals surface area contributed by atoms with E-state index >= 15 is 0 Å². The van der Waals surface area contributed by atoms with E-state index in [4.69, 9.17) is 0 Å². The molecule has 3 heteroatoms. The Hall–Kier alpha value is -0.960. The van der Waals surface area contributed by atoms with E-state index in [0.29, 0.717) is 12.1 Å². The van der Waals surface area contributed by atoms with E-state index in [1.54, 1.807) is 12.4 Å². The second kappa shape index (κ2) is 5.58. The second-order valence-electron chi connectivity index (χ2n) is 5.37. The van der Waals surface area contributed by atoms with Gasteiger partial charge < -0.3 is 5.32 Å². The van der Waals surface area contributed by atoms with Crippen LogP contribution in [-0.2, 0) is 0 Å². The predicted molar refractivity (Wildman–Crippen MR) is 69.7 cm³/mol. The molecule has 0 bridgehead atoms. The van der Waals surface area contributed by atoms with E-state index in [2.05, 4.69) is 29.1 Å². The fourth-order valence-electron chi connectivity index (χ4n) is 2.70. The Bertz CT molecular complexity index is 356. The maximum Gasteiger partial charge on any atom is 0.0782 e. The first-order chi connectivity index (χ1) is 8.16. The van der Waals surface area contributed by atoms with Crippen molar-refractivity contribution < 1.29 is 0 Å². The fraction of sp³-hybridized carbons (Fsp3) is 0.714. The van der Waals surface area contributed by atoms with Crippen LogP contribution in [0.3, 0.4) is 0 Å². The number of rotatable bonds is 3. The van der Waals surface area contributed by atoms with Gasteiger partial charge in [-0.2, -0.15) is 0 Å². The van der Waals surface area contributed by atoms with Gasteiger partial charge in [0, 0.05) is 24.5 Å². The van der Waals surface area contributed by atoms with E-state index in [0.717, 1.165) is 17.3 Å². The highest BCUT2D eigenvalue weighted by Gasteiger charge is 2.21. The molecular formula is C14H23N3. The fourth-order valence-corrected chi connectivity index (χ4v) is 2.70. The molecule has 0 aliphatic heterocycles. The maximum atomic E-state index is 4.43. The van der Waals surface area contributed by atoms with Crippen LogP contribution in [0.5, 0.6) is 0 Å². The Kier molecular flexibility index (Phi) is 4.11. The summed E-state index contributed by atoms with van der Waals surface area (Å²) in [6, 6.07) is 0.963. The summed E-state index contributed by atoms with van der Waals surface area (Å²) in [6.07, 6.45) is 8.83. The summed E-state index contributed by atoms with van der Waals surface area (Å²) in [4.78, 5) is 8.74. The first-order valence-electron chi connectivity index (χ1n) is 6.70. The summed E-state index contributed by atoms with van der Waals surface area (Å²) in [5.74, 6) is 0.904. The van der Waals surface area contributed by atoms with Gasteiger partial charge in [0.05, 0.1) is 11.4 Å². The molecule has 0 spiro atoms. The van der Waals surface area contributed by atoms with Gasteiger partial charge in [-0.25, -0.2) is 0 Å². The number of hydrogen-bond acceptors (Lipinski definition) is 3. The minimum atomic E-state index is 0.308. The first kappa shape index (κ1) is 12.5. The van der Waals surface area contributed by atoms with Gasteiger partial charge in [-0.3, -0.25) is 9.97 Å². The van der Waals surface area contributed by atoms with Crippen molar-refractivity contribution in [2.75, 3.05) is 0 Å². The van der Waals surface area contributed by atoms with Crippen molar-refractivity contribution in [2.24, 2.45) is 5.92 Å². The first-order valence-corrected chi connectivity index (χ1v) is 6.70. The highest BCUT2D eigenvalue weighted by Crippen LogP contribution is 2.25. The average molecular weight is 233 g/mol. The molecule has 1 fully saturated rings. The SMILES string of the molecule is Cc1nccnc1C(C)NC1CCC(C)CC1. The zero-order valence-electron chi connectivity index (χ0n) is 11.1. The van der Waals surface area contributed by atoms with E-state index in [-0.39, 0.29) is 0 Å². The molecule has 1 saturated carbocycles. The van der Waals surface area contributed by atoms with Crippen LogP contribution in [0.25, 0.3) is 0 Å². The number of hydrogen-bond donors (Lipinski definition) is 1. The summed E-state index contributed by atoms with van der Waals surface area (Å²) in [5.41, 5.74) is 2.13. The van der Waals surface area contributed by atoms with Crippen LogP contribution in [0.1, 0.15) is 57.0 Å². The monoisotopic (exact) mass is 233 g/mol. The van der Waals surface area contributed by atoms with Gasteiger partial charge in [-0.05, 0) is 45.4 Å². The third kappa shape index (κ3) is 3.25. The van der Waals surface area contributed by atoms with E-state index < -0.39 is 0 Å². The van der Waals surface area contributed by atoms with E-state index in [1.807, 2.05) is 6.92 Å². The quantitative estimate of drug-likeness (QED) is 0.872. The topological polar surface area (TPSA) is 37.8 Å². The minimum Gasteiger partial charge on any atom is -0.306 e. The third-order valence-corrected chi connectivity index (χ3v) is 3.83. The molecule has 2 rings (SSSR count). The van der Waals surface area contributed by atoms with Gasteiger partial charge >= 0.3 is 0 Å². The highest BCUT2D eigenvalue weighted by molar-refractivity contribution is 5.12. The Morgan fingerprint density at radius 2 is 1.82 bits per heavy atom. The molecular weight excluding hydrogens is 210 g/mol. The van der Waals surface area contributed by atoms with Gasteiger partial charge in [-0.15, -0.1) is 0 Å². The summed E-state index contributed by atoms with van der Waals surface area (Å²) < 4.78 is 0. The van der Waals surface area contributed by atoms with Crippen LogP contribution in [0.15, 0.2) is 12.4 Å². The van der Waals surface area contributed by atoms with Crippen molar-refractivity contribution in [2.45, 2.75) is 58.5 Å². The number of nitrogens with one attached hydrogen (secondary N) is 1. The molecule has 1 aliphatic rings. The molecule has 0 radical (unpaired) electrons. The van der Waals surface area contributed by atoms with Crippen LogP contribution in [0.2, 0.25) is 0 Å². The van der Waals surface area contributed by atoms with Gasteiger partial charge in [0.1, 0.15) is 0 Å². The van der Waals surface area contributed by atoms with Crippen molar-refractivity contribution in [3.63, 3.8) is 0 Å². The van der Waals surface area contributed by atoms with Crippen LogP contribution < -0.4 is 5.32 Å². The lowest BCUT2D eigenvalue weighted by atomic mass is 9.87. The molecule has 0 saturated heterocycles. The van der Waals surface area contributed by atoms with Crippen LogP contribution in [0, 0.1) is 12.8 Å². The molecule has 94 valence electrons. The third-order valence-electron chi connectivity index (χ3n) is 3.83. The van der Waals surface area contributed by atoms with E-state index in [1.165, 1.54) is 25.7 Å². The molecule has 0 amide bonds. The molecule has 1 N–H and O–H groups in total. The number of aryl methyl sites for hydroxylation is 1. The number of aromatic nitrogens is 2. The lowest BCUT2D eigenvalue weighted by Gasteiger charge is -2.29. The van der Waals surface area contributed by atoms with Crippen molar-refractivity contribution in [1.29, 1.82) is 0 Å². The Morgan fingerprint density at radius 3 is 2.47 bits per heavy atom. The van der Waals surface area contributed by atoms with Gasteiger partial charge in [0.2, 0.25) is 0 Å². The molecule has 0 aromatic carbocycles. The zero-order valence-corrected chi connectivity index (χ0v) is 11.1. The zero-order chi connectivity index (χ0) is 12.3. The smallest absolute Gasteiger partial charge is 0.0782 e. The molecule has 1 unspecified atom stereocenters. The summed E-state index contributed by atoms with van der Waals surface area (Å²) in [7, 11) is 0. The van der Waals surface area contributed by atoms with Crippen molar-refractivity contribution in [3.8, 4) is 0 Å². The van der Waals surface area contributed by atoms with Gasteiger partial charge in [-0.1, -0.05) is 6.92 Å². The lowest BCUT2D eigenvalue weighted by Crippen LogP contribution is -2.35. The van der Waals surface area contributed by atoms with Crippen LogP contribution in [-0.4, -0.2) is 16.0 Å². The standard InChI is InChI=1S/C14H23N3/c1-10-4-6-13(7-5-10)17-12(3)14-11(2)15-8-9-16-14/h8-10,12-13,17H,4-7H2,1-3H3. The Morgan fingerprint density at radius 1 is 1.18 bits per heavy atom. The van der Waals surface area contributed by atoms with E-state index in [9.17, 15) is 0 Å². The van der Waals surface area contributed by atoms with Gasteiger partial charge in [0.25, 0.3) is 0 Å². The largest absolute Gasteiger partial charge is 0.306 e. The van der Waals surface area contributed by atoms with Crippen LogP contribution >= 0.6 is 0 Å². The molecule has 1 heterocycles. The average Bonchev–Trinajstić information content (AvgIpc) is 2.32. The minimum absolute atomic E-state index is 0.308. The summed E-state index contributed by atoms with van der Waals surface area (Å²) >= 11 is 0. The normalized spacial score (nSPS) is 26.8. The number of nitrogens with zero attached hydrogens (tertiary/aromatic N) is 2. The molecule has 1 aliphatic carbocycles. The summed E-state index contributed by atoms with van der Waals surface area (Å²) in [6.45, 7) is 6.57. The van der Waals surface area contributed by atoms with Crippen molar-refractivity contribution >= 4 is 0 Å². The molecule has 1 aromatic rings. The highest BCUT2D eigenvalue weighted by atomic mass is 15.0. The molecule has 1 atom stereocenters. The van der Waals surface area contributed by atoms with Crippen molar-refractivity contribution in [3.05, 3.63) is 23.8 Å².